The maximum Gasteiger partial charge on any atom is 0.00129 e. The molecule has 2 N–H and O–H groups in total. The molecule has 0 aromatic carbocycles. The van der Waals surface area contributed by atoms with Gasteiger partial charge >= 0.3 is 0 Å². The number of nitrogens with two attached hydrogens (primary N) is 1. The van der Waals surface area contributed by atoms with Crippen LogP contribution in [-0.2, 0) is 0 Å². The van der Waals surface area contributed by atoms with E-state index < -0.39 is 0 Å². The van der Waals surface area contributed by atoms with Crippen LogP contribution in [0.5, 0.6) is 0 Å². The predicted molar refractivity (Wildman–Crippen MR) is 81.0 cm³/mol. The molecule has 0 aromatic heterocycles. The molecular formula is C17H32N2. The lowest BCUT2D eigenvalue weighted by Crippen LogP contribution is -2.45. The minimum Gasteiger partial charge on any atom is -0.330 e. The fourth-order valence-electron chi connectivity index (χ4n) is 5.01. The minimum absolute atomic E-state index is 0.817. The van der Waals surface area contributed by atoms with Crippen molar-refractivity contribution in [1.82, 2.24) is 4.90 Å². The first-order chi connectivity index (χ1) is 9.36. The van der Waals surface area contributed by atoms with Gasteiger partial charge in [0.15, 0.2) is 0 Å². The molecule has 110 valence electrons. The van der Waals surface area contributed by atoms with Crippen LogP contribution in [0.2, 0.25) is 0 Å². The number of hydrogen-bond donors (Lipinski definition) is 1. The summed E-state index contributed by atoms with van der Waals surface area (Å²) in [5.41, 5.74) is 5.99. The van der Waals surface area contributed by atoms with Crippen LogP contribution in [0.25, 0.3) is 0 Å². The molecule has 19 heavy (non-hydrogen) atoms. The normalized spacial score (nSPS) is 40.9. The zero-order valence-corrected chi connectivity index (χ0v) is 12.5. The first-order valence-electron chi connectivity index (χ1n) is 8.79. The van der Waals surface area contributed by atoms with Crippen molar-refractivity contribution < 1.29 is 0 Å². The quantitative estimate of drug-likeness (QED) is 0.848. The first-order valence-corrected chi connectivity index (χ1v) is 8.79. The summed E-state index contributed by atoms with van der Waals surface area (Å²) in [6.45, 7) is 5.04. The molecule has 0 aromatic rings. The summed E-state index contributed by atoms with van der Waals surface area (Å²) in [5.74, 6) is 3.82. The number of fused-ring (bicyclic) bond motifs is 1. The molecule has 2 nitrogen and oxygen atoms in total. The Kier molecular flexibility index (Phi) is 4.81. The van der Waals surface area contributed by atoms with E-state index in [1.165, 1.54) is 77.4 Å². The van der Waals surface area contributed by atoms with Gasteiger partial charge in [0.05, 0.1) is 0 Å². The summed E-state index contributed by atoms with van der Waals surface area (Å²) in [5, 5.41) is 0. The molecule has 2 saturated carbocycles. The van der Waals surface area contributed by atoms with Crippen molar-refractivity contribution in [1.29, 1.82) is 0 Å². The summed E-state index contributed by atoms with van der Waals surface area (Å²) in [6.07, 6.45) is 13.2. The Morgan fingerprint density at radius 3 is 2.26 bits per heavy atom. The Morgan fingerprint density at radius 2 is 1.47 bits per heavy atom. The van der Waals surface area contributed by atoms with Crippen molar-refractivity contribution in [3.8, 4) is 0 Å². The lowest BCUT2D eigenvalue weighted by atomic mass is 9.74. The molecule has 4 atom stereocenters. The SMILES string of the molecule is NCC1CCCCC1CN1CCC2CCCCC2C1. The number of likely N-dealkylation sites (tertiary alicyclic amines) is 1. The smallest absolute Gasteiger partial charge is 0.00129 e. The van der Waals surface area contributed by atoms with E-state index in [0.29, 0.717) is 0 Å². The highest BCUT2D eigenvalue weighted by Crippen LogP contribution is 2.37. The third-order valence-electron chi connectivity index (χ3n) is 6.24. The highest BCUT2D eigenvalue weighted by atomic mass is 15.1. The topological polar surface area (TPSA) is 29.3 Å². The molecule has 3 rings (SSSR count). The predicted octanol–water partition coefficient (Wildman–Crippen LogP) is 3.26. The maximum atomic E-state index is 5.99. The fourth-order valence-corrected chi connectivity index (χ4v) is 5.01. The second-order valence-corrected chi connectivity index (χ2v) is 7.39. The molecule has 1 saturated heterocycles. The standard InChI is InChI=1S/C17H32N2/c18-11-15-6-2-4-8-17(15)13-19-10-9-14-5-1-3-7-16(14)12-19/h14-17H,1-13,18H2. The van der Waals surface area contributed by atoms with Gasteiger partial charge in [0.1, 0.15) is 0 Å². The van der Waals surface area contributed by atoms with Crippen molar-refractivity contribution in [3.05, 3.63) is 0 Å². The van der Waals surface area contributed by atoms with Crippen LogP contribution in [-0.4, -0.2) is 31.1 Å². The van der Waals surface area contributed by atoms with Crippen LogP contribution in [0.3, 0.4) is 0 Å². The molecule has 0 spiro atoms. The van der Waals surface area contributed by atoms with Crippen molar-refractivity contribution in [2.24, 2.45) is 29.4 Å². The largest absolute Gasteiger partial charge is 0.330 e. The average molecular weight is 264 g/mol. The molecule has 0 bridgehead atoms. The van der Waals surface area contributed by atoms with Crippen LogP contribution in [0.1, 0.15) is 57.8 Å². The van der Waals surface area contributed by atoms with Crippen molar-refractivity contribution >= 4 is 0 Å². The van der Waals surface area contributed by atoms with Gasteiger partial charge in [-0.15, -0.1) is 0 Å². The zero-order chi connectivity index (χ0) is 13.1. The molecule has 3 aliphatic rings. The van der Waals surface area contributed by atoms with E-state index in [2.05, 4.69) is 4.90 Å². The Balaban J connectivity index is 1.52. The molecular weight excluding hydrogens is 232 g/mol. The third kappa shape index (κ3) is 3.33. The molecule has 3 fully saturated rings. The number of nitrogens with zero attached hydrogens (tertiary/aromatic N) is 1. The van der Waals surface area contributed by atoms with Gasteiger partial charge in [-0.25, -0.2) is 0 Å². The van der Waals surface area contributed by atoms with Gasteiger partial charge in [0, 0.05) is 13.1 Å². The van der Waals surface area contributed by atoms with E-state index >= 15 is 0 Å². The van der Waals surface area contributed by atoms with Crippen molar-refractivity contribution in [2.45, 2.75) is 57.8 Å². The Hall–Kier alpha value is -0.0800. The second-order valence-electron chi connectivity index (χ2n) is 7.39. The second kappa shape index (κ2) is 6.58. The molecule has 2 heteroatoms. The molecule has 1 heterocycles. The highest BCUT2D eigenvalue weighted by Gasteiger charge is 2.33. The van der Waals surface area contributed by atoms with E-state index in [4.69, 9.17) is 5.73 Å². The summed E-state index contributed by atoms with van der Waals surface area (Å²) in [6, 6.07) is 0. The molecule has 2 aliphatic carbocycles. The summed E-state index contributed by atoms with van der Waals surface area (Å²) in [4.78, 5) is 2.80. The lowest BCUT2D eigenvalue weighted by molar-refractivity contribution is 0.0598. The zero-order valence-electron chi connectivity index (χ0n) is 12.5. The van der Waals surface area contributed by atoms with Gasteiger partial charge in [0.2, 0.25) is 0 Å². The van der Waals surface area contributed by atoms with Crippen LogP contribution in [0, 0.1) is 23.7 Å². The van der Waals surface area contributed by atoms with Gasteiger partial charge < -0.3 is 10.6 Å². The summed E-state index contributed by atoms with van der Waals surface area (Å²) in [7, 11) is 0. The Bertz CT molecular complexity index is 278. The van der Waals surface area contributed by atoms with Gasteiger partial charge in [-0.3, -0.25) is 0 Å². The van der Waals surface area contributed by atoms with E-state index in [0.717, 1.165) is 30.2 Å². The van der Waals surface area contributed by atoms with E-state index in [1.54, 1.807) is 0 Å². The molecule has 0 amide bonds. The van der Waals surface area contributed by atoms with E-state index in [9.17, 15) is 0 Å². The van der Waals surface area contributed by atoms with Gasteiger partial charge in [-0.05, 0) is 62.4 Å². The molecule has 4 unspecified atom stereocenters. The van der Waals surface area contributed by atoms with Gasteiger partial charge in [-0.1, -0.05) is 32.1 Å². The monoisotopic (exact) mass is 264 g/mol. The van der Waals surface area contributed by atoms with Gasteiger partial charge in [0.25, 0.3) is 0 Å². The van der Waals surface area contributed by atoms with Crippen molar-refractivity contribution in [3.63, 3.8) is 0 Å². The molecule has 1 aliphatic heterocycles. The highest BCUT2D eigenvalue weighted by molar-refractivity contribution is 4.86. The third-order valence-corrected chi connectivity index (χ3v) is 6.24. The van der Waals surface area contributed by atoms with Crippen LogP contribution >= 0.6 is 0 Å². The maximum absolute atomic E-state index is 5.99. The number of rotatable bonds is 3. The Morgan fingerprint density at radius 1 is 0.789 bits per heavy atom. The number of hydrogen-bond acceptors (Lipinski definition) is 2. The Labute approximate surface area is 119 Å². The van der Waals surface area contributed by atoms with E-state index in [-0.39, 0.29) is 0 Å². The van der Waals surface area contributed by atoms with Crippen LogP contribution < -0.4 is 5.73 Å². The minimum atomic E-state index is 0.817. The number of piperidine rings is 1. The first kappa shape index (κ1) is 13.9. The summed E-state index contributed by atoms with van der Waals surface area (Å²) >= 11 is 0. The lowest BCUT2D eigenvalue weighted by Gasteiger charge is -2.43. The fraction of sp³-hybridized carbons (Fsp3) is 1.00. The summed E-state index contributed by atoms with van der Waals surface area (Å²) < 4.78 is 0. The van der Waals surface area contributed by atoms with Crippen molar-refractivity contribution in [2.75, 3.05) is 26.2 Å². The molecule has 0 radical (unpaired) electrons. The van der Waals surface area contributed by atoms with Gasteiger partial charge in [-0.2, -0.15) is 0 Å². The average Bonchev–Trinajstić information content (AvgIpc) is 2.48. The van der Waals surface area contributed by atoms with Crippen LogP contribution in [0.15, 0.2) is 0 Å². The van der Waals surface area contributed by atoms with Crippen LogP contribution in [0.4, 0.5) is 0 Å². The van der Waals surface area contributed by atoms with E-state index in [1.807, 2.05) is 0 Å².